The summed E-state index contributed by atoms with van der Waals surface area (Å²) in [5, 5.41) is 6.96. The first-order valence-electron chi connectivity index (χ1n) is 3.40. The van der Waals surface area contributed by atoms with E-state index < -0.39 is 0 Å². The number of aromatic amines is 1. The number of aryl methyl sites for hydroxylation is 1. The second-order valence-electron chi connectivity index (χ2n) is 2.35. The summed E-state index contributed by atoms with van der Waals surface area (Å²) in [6.07, 6.45) is 0. The fourth-order valence-electron chi connectivity index (χ4n) is 0.887. The van der Waals surface area contributed by atoms with Gasteiger partial charge in [0.05, 0.1) is 0 Å². The van der Waals surface area contributed by atoms with Crippen molar-refractivity contribution in [3.63, 3.8) is 0 Å². The SMILES string of the molecule is Cc1nc(-c2ccc(Cl)o2)n[nH]1. The van der Waals surface area contributed by atoms with Gasteiger partial charge >= 0.3 is 0 Å². The van der Waals surface area contributed by atoms with E-state index in [2.05, 4.69) is 15.2 Å². The molecule has 2 aromatic heterocycles. The van der Waals surface area contributed by atoms with Gasteiger partial charge in [0.15, 0.2) is 11.0 Å². The largest absolute Gasteiger partial charge is 0.441 e. The summed E-state index contributed by atoms with van der Waals surface area (Å²) in [5.74, 6) is 1.85. The molecule has 12 heavy (non-hydrogen) atoms. The maximum absolute atomic E-state index is 5.58. The lowest BCUT2D eigenvalue weighted by atomic mass is 10.4. The van der Waals surface area contributed by atoms with Crippen molar-refractivity contribution >= 4 is 11.6 Å². The molecule has 2 rings (SSSR count). The van der Waals surface area contributed by atoms with Gasteiger partial charge in [0.2, 0.25) is 5.82 Å². The van der Waals surface area contributed by atoms with E-state index in [0.29, 0.717) is 16.8 Å². The second kappa shape index (κ2) is 2.64. The minimum Gasteiger partial charge on any atom is -0.441 e. The average Bonchev–Trinajstić information content (AvgIpc) is 2.58. The van der Waals surface area contributed by atoms with Crippen LogP contribution in [0.2, 0.25) is 5.22 Å². The molecular weight excluding hydrogens is 178 g/mol. The predicted molar refractivity (Wildman–Crippen MR) is 43.8 cm³/mol. The summed E-state index contributed by atoms with van der Waals surface area (Å²) >= 11 is 5.58. The van der Waals surface area contributed by atoms with Gasteiger partial charge in [-0.2, -0.15) is 5.10 Å². The van der Waals surface area contributed by atoms with Crippen LogP contribution in [-0.2, 0) is 0 Å². The number of hydrogen-bond acceptors (Lipinski definition) is 3. The highest BCUT2D eigenvalue weighted by molar-refractivity contribution is 6.28. The van der Waals surface area contributed by atoms with Crippen molar-refractivity contribution in [3.8, 4) is 11.6 Å². The van der Waals surface area contributed by atoms with Crippen LogP contribution in [-0.4, -0.2) is 15.2 Å². The lowest BCUT2D eigenvalue weighted by Gasteiger charge is -1.83. The van der Waals surface area contributed by atoms with E-state index in [4.69, 9.17) is 16.0 Å². The smallest absolute Gasteiger partial charge is 0.216 e. The normalized spacial score (nSPS) is 10.5. The fourth-order valence-corrected chi connectivity index (χ4v) is 1.03. The highest BCUT2D eigenvalue weighted by Crippen LogP contribution is 2.20. The van der Waals surface area contributed by atoms with Crippen LogP contribution in [0.1, 0.15) is 5.82 Å². The summed E-state index contributed by atoms with van der Waals surface area (Å²) in [7, 11) is 0. The Hall–Kier alpha value is -1.29. The maximum atomic E-state index is 5.58. The highest BCUT2D eigenvalue weighted by Gasteiger charge is 2.07. The number of nitrogens with zero attached hydrogens (tertiary/aromatic N) is 2. The van der Waals surface area contributed by atoms with Crippen LogP contribution in [0.15, 0.2) is 16.5 Å². The Morgan fingerprint density at radius 1 is 1.50 bits per heavy atom. The van der Waals surface area contributed by atoms with E-state index in [9.17, 15) is 0 Å². The Balaban J connectivity index is 2.43. The van der Waals surface area contributed by atoms with Crippen molar-refractivity contribution in [2.45, 2.75) is 6.92 Å². The molecule has 0 aliphatic heterocycles. The van der Waals surface area contributed by atoms with Crippen molar-refractivity contribution in [2.75, 3.05) is 0 Å². The Morgan fingerprint density at radius 2 is 2.33 bits per heavy atom. The molecule has 0 amide bonds. The lowest BCUT2D eigenvalue weighted by Crippen LogP contribution is -1.75. The lowest BCUT2D eigenvalue weighted by molar-refractivity contribution is 0.579. The standard InChI is InChI=1S/C7H6ClN3O/c1-4-9-7(11-10-4)5-2-3-6(8)12-5/h2-3H,1H3,(H,9,10,11). The number of nitrogens with one attached hydrogen (secondary N) is 1. The van der Waals surface area contributed by atoms with Gasteiger partial charge in [0.25, 0.3) is 0 Å². The van der Waals surface area contributed by atoms with E-state index in [0.717, 1.165) is 5.82 Å². The molecule has 4 nitrogen and oxygen atoms in total. The van der Waals surface area contributed by atoms with Gasteiger partial charge in [0.1, 0.15) is 5.82 Å². The van der Waals surface area contributed by atoms with Crippen molar-refractivity contribution in [3.05, 3.63) is 23.2 Å². The van der Waals surface area contributed by atoms with Crippen molar-refractivity contribution in [2.24, 2.45) is 0 Å². The molecule has 0 bridgehead atoms. The van der Waals surface area contributed by atoms with Gasteiger partial charge in [0, 0.05) is 0 Å². The topological polar surface area (TPSA) is 54.7 Å². The molecule has 0 radical (unpaired) electrons. The first-order valence-corrected chi connectivity index (χ1v) is 3.78. The van der Waals surface area contributed by atoms with Gasteiger partial charge in [-0.1, -0.05) is 0 Å². The zero-order chi connectivity index (χ0) is 8.55. The van der Waals surface area contributed by atoms with Gasteiger partial charge in [-0.15, -0.1) is 0 Å². The molecule has 0 atom stereocenters. The predicted octanol–water partition coefficient (Wildman–Crippen LogP) is 2.03. The molecule has 0 spiro atoms. The van der Waals surface area contributed by atoms with Crippen LogP contribution in [0.25, 0.3) is 11.6 Å². The first kappa shape index (κ1) is 7.36. The average molecular weight is 184 g/mol. The Morgan fingerprint density at radius 3 is 2.83 bits per heavy atom. The number of rotatable bonds is 1. The molecule has 62 valence electrons. The van der Waals surface area contributed by atoms with Gasteiger partial charge in [-0.05, 0) is 30.7 Å². The molecule has 2 aromatic rings. The monoisotopic (exact) mass is 183 g/mol. The summed E-state index contributed by atoms with van der Waals surface area (Å²) in [4.78, 5) is 4.08. The molecule has 0 fully saturated rings. The Labute approximate surface area is 73.6 Å². The molecule has 0 saturated heterocycles. The minimum absolute atomic E-state index is 0.340. The van der Waals surface area contributed by atoms with E-state index in [1.54, 1.807) is 12.1 Å². The van der Waals surface area contributed by atoms with Gasteiger partial charge in [-0.3, -0.25) is 5.10 Å². The van der Waals surface area contributed by atoms with Crippen LogP contribution >= 0.6 is 11.6 Å². The van der Waals surface area contributed by atoms with Crippen LogP contribution < -0.4 is 0 Å². The van der Waals surface area contributed by atoms with Crippen LogP contribution in [0.3, 0.4) is 0 Å². The summed E-state index contributed by atoms with van der Waals surface area (Å²) in [6.45, 7) is 1.82. The van der Waals surface area contributed by atoms with Crippen molar-refractivity contribution in [1.82, 2.24) is 15.2 Å². The van der Waals surface area contributed by atoms with E-state index in [-0.39, 0.29) is 0 Å². The van der Waals surface area contributed by atoms with E-state index in [1.165, 1.54) is 0 Å². The summed E-state index contributed by atoms with van der Waals surface area (Å²) in [6, 6.07) is 3.38. The van der Waals surface area contributed by atoms with Crippen LogP contribution in [0.4, 0.5) is 0 Å². The molecule has 1 N–H and O–H groups in total. The number of halogens is 1. The van der Waals surface area contributed by atoms with Gasteiger partial charge < -0.3 is 4.42 Å². The number of aromatic nitrogens is 3. The summed E-state index contributed by atoms with van der Waals surface area (Å²) < 4.78 is 5.10. The fraction of sp³-hybridized carbons (Fsp3) is 0.143. The molecule has 0 aliphatic carbocycles. The Kier molecular flexibility index (Phi) is 1.62. The highest BCUT2D eigenvalue weighted by atomic mass is 35.5. The number of H-pyrrole nitrogens is 1. The Bertz CT molecular complexity index is 355. The third-order valence-electron chi connectivity index (χ3n) is 1.39. The van der Waals surface area contributed by atoms with E-state index >= 15 is 0 Å². The molecular formula is C7H6ClN3O. The molecule has 0 saturated carbocycles. The number of furan rings is 1. The first-order chi connectivity index (χ1) is 5.75. The molecule has 0 aliphatic rings. The minimum atomic E-state index is 0.340. The van der Waals surface area contributed by atoms with Crippen LogP contribution in [0.5, 0.6) is 0 Å². The second-order valence-corrected chi connectivity index (χ2v) is 2.72. The van der Waals surface area contributed by atoms with Crippen LogP contribution in [0, 0.1) is 6.92 Å². The maximum Gasteiger partial charge on any atom is 0.216 e. The molecule has 0 aromatic carbocycles. The molecule has 5 heteroatoms. The van der Waals surface area contributed by atoms with Crippen molar-refractivity contribution in [1.29, 1.82) is 0 Å². The third-order valence-corrected chi connectivity index (χ3v) is 1.59. The third kappa shape index (κ3) is 1.21. The summed E-state index contributed by atoms with van der Waals surface area (Å²) in [5.41, 5.74) is 0. The molecule has 0 unspecified atom stereocenters. The van der Waals surface area contributed by atoms with Gasteiger partial charge in [-0.25, -0.2) is 4.98 Å². The van der Waals surface area contributed by atoms with E-state index in [1.807, 2.05) is 6.92 Å². The molecule has 2 heterocycles. The zero-order valence-corrected chi connectivity index (χ0v) is 7.09. The number of hydrogen-bond donors (Lipinski definition) is 1. The quantitative estimate of drug-likeness (QED) is 0.736. The van der Waals surface area contributed by atoms with Crippen molar-refractivity contribution < 1.29 is 4.42 Å². The zero-order valence-electron chi connectivity index (χ0n) is 6.34.